The Balaban J connectivity index is 2.78. The zero-order valence-electron chi connectivity index (χ0n) is 8.39. The number of aromatic nitrogens is 1. The highest BCUT2D eigenvalue weighted by molar-refractivity contribution is 5.85. The first-order valence-corrected chi connectivity index (χ1v) is 4.38. The summed E-state index contributed by atoms with van der Waals surface area (Å²) in [4.78, 5) is 22.7. The number of nitrogens with zero attached hydrogens (tertiary/aromatic N) is 1. The van der Waals surface area contributed by atoms with Gasteiger partial charge in [0.2, 0.25) is 0 Å². The average Bonchev–Trinajstić information content (AvgIpc) is 2.62. The maximum atomic E-state index is 11.4. The van der Waals surface area contributed by atoms with Crippen LogP contribution in [0.2, 0.25) is 0 Å². The summed E-state index contributed by atoms with van der Waals surface area (Å²) >= 11 is 0. The predicted octanol–water partition coefficient (Wildman–Crippen LogP) is 1.19. The van der Waals surface area contributed by atoms with Gasteiger partial charge in [0.15, 0.2) is 5.58 Å². The van der Waals surface area contributed by atoms with Crippen LogP contribution >= 0.6 is 0 Å². The van der Waals surface area contributed by atoms with Gasteiger partial charge in [-0.25, -0.2) is 9.59 Å². The summed E-state index contributed by atoms with van der Waals surface area (Å²) in [5, 5.41) is 0. The Kier molecular flexibility index (Phi) is 2.25. The smallest absolute Gasteiger partial charge is 0.429 e. The van der Waals surface area contributed by atoms with Crippen LogP contribution in [0.4, 0.5) is 4.79 Å². The fourth-order valence-electron chi connectivity index (χ4n) is 1.37. The molecule has 0 aliphatic heterocycles. The quantitative estimate of drug-likeness (QED) is 0.622. The van der Waals surface area contributed by atoms with Gasteiger partial charge in [-0.3, -0.25) is 0 Å². The first-order chi connectivity index (χ1) is 7.67. The van der Waals surface area contributed by atoms with Crippen molar-refractivity contribution in [3.05, 3.63) is 34.3 Å². The molecule has 0 unspecified atom stereocenters. The number of ether oxygens (including phenoxy) is 1. The Labute approximate surface area is 90.2 Å². The van der Waals surface area contributed by atoms with E-state index in [2.05, 4.69) is 10.7 Å². The van der Waals surface area contributed by atoms with E-state index in [9.17, 15) is 9.59 Å². The van der Waals surface area contributed by atoms with Gasteiger partial charge in [-0.05, 0) is 18.2 Å². The van der Waals surface area contributed by atoms with Crippen molar-refractivity contribution in [3.8, 4) is 12.3 Å². The van der Waals surface area contributed by atoms with E-state index in [1.54, 1.807) is 6.07 Å². The molecular formula is C11H7NO4. The van der Waals surface area contributed by atoms with Gasteiger partial charge in [0.05, 0.1) is 7.11 Å². The van der Waals surface area contributed by atoms with Crippen LogP contribution in [0.3, 0.4) is 0 Å². The van der Waals surface area contributed by atoms with Crippen LogP contribution in [0, 0.1) is 12.3 Å². The summed E-state index contributed by atoms with van der Waals surface area (Å²) in [6.07, 6.45) is 4.41. The summed E-state index contributed by atoms with van der Waals surface area (Å²) < 4.78 is 10.1. The summed E-state index contributed by atoms with van der Waals surface area (Å²) in [6, 6.07) is 4.65. The predicted molar refractivity (Wildman–Crippen MR) is 56.2 cm³/mol. The van der Waals surface area contributed by atoms with Gasteiger partial charge in [-0.2, -0.15) is 4.57 Å². The molecular weight excluding hydrogens is 210 g/mol. The van der Waals surface area contributed by atoms with E-state index < -0.39 is 11.8 Å². The normalized spacial score (nSPS) is 10.0. The van der Waals surface area contributed by atoms with E-state index in [4.69, 9.17) is 10.8 Å². The second kappa shape index (κ2) is 3.59. The number of benzene rings is 1. The molecule has 0 atom stereocenters. The van der Waals surface area contributed by atoms with Gasteiger partial charge in [-0.15, -0.1) is 6.42 Å². The Morgan fingerprint density at radius 3 is 2.94 bits per heavy atom. The molecule has 0 saturated heterocycles. The summed E-state index contributed by atoms with van der Waals surface area (Å²) in [6.45, 7) is 0. The van der Waals surface area contributed by atoms with Crippen molar-refractivity contribution in [2.45, 2.75) is 0 Å². The Hall–Kier alpha value is -2.48. The fourth-order valence-corrected chi connectivity index (χ4v) is 1.37. The summed E-state index contributed by atoms with van der Waals surface area (Å²) in [7, 11) is 1.18. The number of methoxy groups -OCH3 is 1. The van der Waals surface area contributed by atoms with Crippen LogP contribution in [0.25, 0.3) is 11.1 Å². The molecule has 0 aliphatic carbocycles. The van der Waals surface area contributed by atoms with Gasteiger partial charge < -0.3 is 9.15 Å². The van der Waals surface area contributed by atoms with Gasteiger partial charge in [0, 0.05) is 5.56 Å². The highest BCUT2D eigenvalue weighted by atomic mass is 16.5. The molecule has 0 aliphatic rings. The molecule has 0 amide bonds. The van der Waals surface area contributed by atoms with Gasteiger partial charge >= 0.3 is 11.8 Å². The van der Waals surface area contributed by atoms with Crippen molar-refractivity contribution < 1.29 is 13.9 Å². The van der Waals surface area contributed by atoms with Crippen LogP contribution in [0.1, 0.15) is 5.56 Å². The van der Waals surface area contributed by atoms with Crippen LogP contribution < -0.4 is 5.76 Å². The standard InChI is InChI=1S/C11H7NO4/c1-3-7-4-5-8-9(6-7)16-11(14)12(8)10(13)15-2/h1,4-6H,2H3. The minimum atomic E-state index is -0.795. The molecule has 1 aromatic carbocycles. The molecule has 2 rings (SSSR count). The molecule has 80 valence electrons. The molecule has 2 aromatic rings. The van der Waals surface area contributed by atoms with Crippen molar-refractivity contribution >= 4 is 17.2 Å². The van der Waals surface area contributed by atoms with Gasteiger partial charge in [-0.1, -0.05) is 5.92 Å². The van der Waals surface area contributed by atoms with E-state index in [1.807, 2.05) is 0 Å². The first-order valence-electron chi connectivity index (χ1n) is 4.38. The van der Waals surface area contributed by atoms with E-state index in [0.717, 1.165) is 4.57 Å². The molecule has 5 heteroatoms. The number of carbonyl (C=O) groups is 1. The minimum absolute atomic E-state index is 0.255. The van der Waals surface area contributed by atoms with Crippen molar-refractivity contribution in [2.75, 3.05) is 7.11 Å². The lowest BCUT2D eigenvalue weighted by molar-refractivity contribution is 0.171. The van der Waals surface area contributed by atoms with Crippen LogP contribution in [-0.4, -0.2) is 17.8 Å². The van der Waals surface area contributed by atoms with E-state index in [1.165, 1.54) is 19.2 Å². The second-order valence-corrected chi connectivity index (χ2v) is 3.00. The summed E-state index contributed by atoms with van der Waals surface area (Å²) in [5.41, 5.74) is 1.15. The minimum Gasteiger partial charge on any atom is -0.452 e. The number of oxazole rings is 1. The topological polar surface area (TPSA) is 61.4 Å². The third-order valence-corrected chi connectivity index (χ3v) is 2.10. The zero-order valence-corrected chi connectivity index (χ0v) is 8.39. The SMILES string of the molecule is C#Cc1ccc2c(c1)oc(=O)n2C(=O)OC. The van der Waals surface area contributed by atoms with Crippen molar-refractivity contribution in [1.82, 2.24) is 4.57 Å². The number of hydrogen-bond donors (Lipinski definition) is 0. The Bertz CT molecular complexity index is 657. The maximum absolute atomic E-state index is 11.4. The van der Waals surface area contributed by atoms with E-state index in [0.29, 0.717) is 11.1 Å². The third-order valence-electron chi connectivity index (χ3n) is 2.10. The van der Waals surface area contributed by atoms with Crippen molar-refractivity contribution in [3.63, 3.8) is 0 Å². The van der Waals surface area contributed by atoms with Gasteiger partial charge in [0.1, 0.15) is 5.52 Å². The lowest BCUT2D eigenvalue weighted by atomic mass is 10.2. The average molecular weight is 217 g/mol. The molecule has 0 fully saturated rings. The van der Waals surface area contributed by atoms with Crippen LogP contribution in [0.15, 0.2) is 27.4 Å². The number of carbonyl (C=O) groups excluding carboxylic acids is 1. The van der Waals surface area contributed by atoms with E-state index in [-0.39, 0.29) is 5.58 Å². The van der Waals surface area contributed by atoms with Crippen molar-refractivity contribution in [2.24, 2.45) is 0 Å². The number of rotatable bonds is 0. The van der Waals surface area contributed by atoms with Gasteiger partial charge in [0.25, 0.3) is 0 Å². The lowest BCUT2D eigenvalue weighted by Crippen LogP contribution is -2.22. The third kappa shape index (κ3) is 1.37. The largest absolute Gasteiger partial charge is 0.452 e. The first kappa shape index (κ1) is 10.1. The lowest BCUT2D eigenvalue weighted by Gasteiger charge is -1.97. The molecule has 0 N–H and O–H groups in total. The fraction of sp³-hybridized carbons (Fsp3) is 0.0909. The molecule has 0 bridgehead atoms. The molecule has 16 heavy (non-hydrogen) atoms. The molecule has 1 aromatic heterocycles. The summed E-state index contributed by atoms with van der Waals surface area (Å²) in [5.74, 6) is 1.61. The molecule has 0 spiro atoms. The molecule has 1 heterocycles. The number of hydrogen-bond acceptors (Lipinski definition) is 4. The van der Waals surface area contributed by atoms with Crippen LogP contribution in [0.5, 0.6) is 0 Å². The molecule has 0 radical (unpaired) electrons. The Morgan fingerprint density at radius 2 is 2.31 bits per heavy atom. The number of terminal acetylenes is 1. The van der Waals surface area contributed by atoms with Crippen LogP contribution in [-0.2, 0) is 4.74 Å². The highest BCUT2D eigenvalue weighted by Gasteiger charge is 2.15. The molecule has 0 saturated carbocycles. The van der Waals surface area contributed by atoms with Crippen molar-refractivity contribution in [1.29, 1.82) is 0 Å². The molecule has 5 nitrogen and oxygen atoms in total. The number of fused-ring (bicyclic) bond motifs is 1. The maximum Gasteiger partial charge on any atom is 0.429 e. The second-order valence-electron chi connectivity index (χ2n) is 3.00. The Morgan fingerprint density at radius 1 is 1.56 bits per heavy atom. The van der Waals surface area contributed by atoms with E-state index >= 15 is 0 Å². The zero-order chi connectivity index (χ0) is 11.7. The highest BCUT2D eigenvalue weighted by Crippen LogP contribution is 2.14. The monoisotopic (exact) mass is 217 g/mol.